The monoisotopic (exact) mass is 430 g/mol. The van der Waals surface area contributed by atoms with Gasteiger partial charge in [-0.25, -0.2) is 4.79 Å². The van der Waals surface area contributed by atoms with Crippen LogP contribution in [0.1, 0.15) is 54.9 Å². The molecule has 4 nitrogen and oxygen atoms in total. The minimum absolute atomic E-state index is 0.0102. The molecule has 29 heavy (non-hydrogen) atoms. The van der Waals surface area contributed by atoms with Crippen LogP contribution >= 0.6 is 23.8 Å². The molecule has 0 saturated heterocycles. The third kappa shape index (κ3) is 5.94. The van der Waals surface area contributed by atoms with Crippen molar-refractivity contribution < 1.29 is 9.53 Å². The predicted octanol–water partition coefficient (Wildman–Crippen LogP) is 5.75. The van der Waals surface area contributed by atoms with Crippen molar-refractivity contribution in [1.29, 1.82) is 0 Å². The van der Waals surface area contributed by atoms with Crippen molar-refractivity contribution in [2.45, 2.75) is 51.0 Å². The Balaban J connectivity index is 1.65. The standard InChI is InChI=1S/C23H27ClN2O2S/c1-2-28-21(27)19-16-18(10-11-20(19)24)25-22(29)26-23(13-6-7-14-23)15-12-17-8-4-3-5-9-17/h3-5,8-11,16H,2,6-7,12-15H2,1H3,(H2,25,26,29). The molecule has 1 aliphatic carbocycles. The maximum atomic E-state index is 12.1. The lowest BCUT2D eigenvalue weighted by Crippen LogP contribution is -2.48. The molecule has 0 spiro atoms. The van der Waals surface area contributed by atoms with Gasteiger partial charge < -0.3 is 15.4 Å². The number of anilines is 1. The fourth-order valence-electron chi connectivity index (χ4n) is 3.89. The zero-order chi connectivity index (χ0) is 20.7. The van der Waals surface area contributed by atoms with Crippen molar-refractivity contribution in [1.82, 2.24) is 5.32 Å². The molecule has 154 valence electrons. The molecule has 0 radical (unpaired) electrons. The molecule has 0 aliphatic heterocycles. The van der Waals surface area contributed by atoms with Crippen LogP contribution in [0.5, 0.6) is 0 Å². The number of benzene rings is 2. The Kier molecular flexibility index (Phi) is 7.51. The smallest absolute Gasteiger partial charge is 0.339 e. The number of rotatable bonds is 7. The van der Waals surface area contributed by atoms with Crippen molar-refractivity contribution in [3.05, 3.63) is 64.7 Å². The number of esters is 1. The fourth-order valence-corrected chi connectivity index (χ4v) is 4.42. The lowest BCUT2D eigenvalue weighted by atomic mass is 9.89. The molecular weight excluding hydrogens is 404 g/mol. The minimum Gasteiger partial charge on any atom is -0.462 e. The van der Waals surface area contributed by atoms with Gasteiger partial charge in [0, 0.05) is 11.2 Å². The summed E-state index contributed by atoms with van der Waals surface area (Å²) in [5, 5.41) is 7.71. The number of carbonyl (C=O) groups is 1. The van der Waals surface area contributed by atoms with E-state index < -0.39 is 5.97 Å². The van der Waals surface area contributed by atoms with Gasteiger partial charge in [0.15, 0.2) is 5.11 Å². The molecule has 2 N–H and O–H groups in total. The molecule has 0 heterocycles. The summed E-state index contributed by atoms with van der Waals surface area (Å²) in [5.74, 6) is -0.435. The van der Waals surface area contributed by atoms with Gasteiger partial charge >= 0.3 is 5.97 Å². The molecule has 1 fully saturated rings. The first-order valence-electron chi connectivity index (χ1n) is 10.1. The third-order valence-electron chi connectivity index (χ3n) is 5.39. The number of thiocarbonyl (C=S) groups is 1. The second-order valence-corrected chi connectivity index (χ2v) is 8.28. The summed E-state index contributed by atoms with van der Waals surface area (Å²) >= 11 is 11.7. The molecule has 0 bridgehead atoms. The molecule has 2 aromatic rings. The van der Waals surface area contributed by atoms with Gasteiger partial charge in [-0.1, -0.05) is 54.8 Å². The van der Waals surface area contributed by atoms with Gasteiger partial charge in [0.2, 0.25) is 0 Å². The van der Waals surface area contributed by atoms with Gasteiger partial charge in [0.25, 0.3) is 0 Å². The van der Waals surface area contributed by atoms with Gasteiger partial charge in [0.1, 0.15) is 0 Å². The molecular formula is C23H27ClN2O2S. The van der Waals surface area contributed by atoms with Crippen molar-refractivity contribution in [3.63, 3.8) is 0 Å². The Labute approximate surface area is 183 Å². The van der Waals surface area contributed by atoms with Crippen molar-refractivity contribution in [2.75, 3.05) is 11.9 Å². The third-order valence-corrected chi connectivity index (χ3v) is 5.93. The van der Waals surface area contributed by atoms with Gasteiger partial charge in [-0.2, -0.15) is 0 Å². The highest BCUT2D eigenvalue weighted by Gasteiger charge is 2.34. The van der Waals surface area contributed by atoms with E-state index in [1.807, 2.05) is 12.1 Å². The Morgan fingerprint density at radius 2 is 1.90 bits per heavy atom. The van der Waals surface area contributed by atoms with Crippen LogP contribution in [0.25, 0.3) is 0 Å². The summed E-state index contributed by atoms with van der Waals surface area (Å²) in [5.41, 5.74) is 2.40. The van der Waals surface area contributed by atoms with Crippen LogP contribution in [-0.4, -0.2) is 23.2 Å². The molecule has 2 aromatic carbocycles. The van der Waals surface area contributed by atoms with Gasteiger partial charge in [0.05, 0.1) is 17.2 Å². The van der Waals surface area contributed by atoms with E-state index in [0.29, 0.717) is 28.0 Å². The summed E-state index contributed by atoms with van der Waals surface area (Å²) in [6.45, 7) is 2.07. The lowest BCUT2D eigenvalue weighted by molar-refractivity contribution is 0.0526. The van der Waals surface area contributed by atoms with E-state index in [4.69, 9.17) is 28.6 Å². The van der Waals surface area contributed by atoms with Crippen LogP contribution in [0.2, 0.25) is 5.02 Å². The van der Waals surface area contributed by atoms with Crippen LogP contribution in [0, 0.1) is 0 Å². The zero-order valence-corrected chi connectivity index (χ0v) is 18.2. The highest BCUT2D eigenvalue weighted by Crippen LogP contribution is 2.34. The van der Waals surface area contributed by atoms with Gasteiger partial charge in [-0.15, -0.1) is 0 Å². The molecule has 3 rings (SSSR count). The highest BCUT2D eigenvalue weighted by atomic mass is 35.5. The topological polar surface area (TPSA) is 50.4 Å². The summed E-state index contributed by atoms with van der Waals surface area (Å²) in [6.07, 6.45) is 6.68. The number of hydrogen-bond acceptors (Lipinski definition) is 3. The molecule has 1 saturated carbocycles. The molecule has 0 aromatic heterocycles. The first-order chi connectivity index (χ1) is 14.0. The molecule has 0 unspecified atom stereocenters. The maximum Gasteiger partial charge on any atom is 0.339 e. The van der Waals surface area contributed by atoms with Gasteiger partial charge in [-0.3, -0.25) is 0 Å². The summed E-state index contributed by atoms with van der Waals surface area (Å²) < 4.78 is 5.07. The second kappa shape index (κ2) is 10.1. The molecule has 1 aliphatic rings. The normalized spacial score (nSPS) is 15.0. The summed E-state index contributed by atoms with van der Waals surface area (Å²) in [4.78, 5) is 12.1. The zero-order valence-electron chi connectivity index (χ0n) is 16.7. The van der Waals surface area contributed by atoms with Crippen LogP contribution in [-0.2, 0) is 11.2 Å². The number of aryl methyl sites for hydroxylation is 1. The Morgan fingerprint density at radius 3 is 2.59 bits per heavy atom. The number of hydrogen-bond donors (Lipinski definition) is 2. The minimum atomic E-state index is -0.435. The predicted molar refractivity (Wildman–Crippen MR) is 123 cm³/mol. The SMILES string of the molecule is CCOC(=O)c1cc(NC(=S)NC2(CCc3ccccc3)CCCC2)ccc1Cl. The average molecular weight is 431 g/mol. The lowest BCUT2D eigenvalue weighted by Gasteiger charge is -2.32. The average Bonchev–Trinajstić information content (AvgIpc) is 3.17. The van der Waals surface area contributed by atoms with Gasteiger partial charge in [-0.05, 0) is 68.6 Å². The number of carbonyl (C=O) groups excluding carboxylic acids is 1. The van der Waals surface area contributed by atoms with Crippen LogP contribution < -0.4 is 10.6 Å². The Bertz CT molecular complexity index is 851. The molecule has 6 heteroatoms. The summed E-state index contributed by atoms with van der Waals surface area (Å²) in [7, 11) is 0. The van der Waals surface area contributed by atoms with Crippen LogP contribution in [0.3, 0.4) is 0 Å². The number of halogens is 1. The van der Waals surface area contributed by atoms with Crippen LogP contribution in [0.15, 0.2) is 48.5 Å². The first-order valence-corrected chi connectivity index (χ1v) is 10.9. The fraction of sp³-hybridized carbons (Fsp3) is 0.391. The van der Waals surface area contributed by atoms with Crippen LogP contribution in [0.4, 0.5) is 5.69 Å². The Morgan fingerprint density at radius 1 is 1.17 bits per heavy atom. The van der Waals surface area contributed by atoms with E-state index in [1.54, 1.807) is 19.1 Å². The van der Waals surface area contributed by atoms with Crippen molar-refractivity contribution in [2.24, 2.45) is 0 Å². The van der Waals surface area contributed by atoms with Crippen molar-refractivity contribution >= 4 is 40.6 Å². The Hall–Kier alpha value is -2.11. The summed E-state index contributed by atoms with van der Waals surface area (Å²) in [6, 6.07) is 15.7. The van der Waals surface area contributed by atoms with E-state index in [0.717, 1.165) is 25.7 Å². The maximum absolute atomic E-state index is 12.1. The molecule has 0 atom stereocenters. The molecule has 0 amide bonds. The first kappa shape index (κ1) is 21.6. The number of ether oxygens (including phenoxy) is 1. The largest absolute Gasteiger partial charge is 0.462 e. The second-order valence-electron chi connectivity index (χ2n) is 7.47. The quantitative estimate of drug-likeness (QED) is 0.432. The van der Waals surface area contributed by atoms with E-state index in [2.05, 4.69) is 34.9 Å². The van der Waals surface area contributed by atoms with E-state index in [1.165, 1.54) is 18.4 Å². The highest BCUT2D eigenvalue weighted by molar-refractivity contribution is 7.80. The van der Waals surface area contributed by atoms with Crippen molar-refractivity contribution in [3.8, 4) is 0 Å². The number of nitrogens with one attached hydrogen (secondary N) is 2. The van der Waals surface area contributed by atoms with E-state index >= 15 is 0 Å². The van der Waals surface area contributed by atoms with E-state index in [-0.39, 0.29) is 5.54 Å². The van der Waals surface area contributed by atoms with E-state index in [9.17, 15) is 4.79 Å².